The number of rotatable bonds is 1. The summed E-state index contributed by atoms with van der Waals surface area (Å²) in [6, 6.07) is 0.550. The molecule has 0 unspecified atom stereocenters. The molecule has 1 aromatic heterocycles. The number of nitrogens with one attached hydrogen (secondary N) is 1. The molecule has 2 heterocycles. The van der Waals surface area contributed by atoms with Crippen LogP contribution in [0.4, 0.5) is 0 Å². The first kappa shape index (κ1) is 6.92. The third-order valence-electron chi connectivity index (χ3n) is 2.33. The summed E-state index contributed by atoms with van der Waals surface area (Å²) < 4.78 is 5.12. The number of hydrogen-bond acceptors (Lipinski definition) is 2. The molecule has 1 N–H and O–H groups in total. The average Bonchev–Trinajstić information content (AvgIpc) is 2.55. The molecule has 0 radical (unpaired) electrons. The Kier molecular flexibility index (Phi) is 1.70. The lowest BCUT2D eigenvalue weighted by Gasteiger charge is -2.07. The summed E-state index contributed by atoms with van der Waals surface area (Å²) in [5, 5.41) is 3.44. The van der Waals surface area contributed by atoms with Crippen LogP contribution in [0.25, 0.3) is 0 Å². The van der Waals surface area contributed by atoms with Crippen LogP contribution >= 0.6 is 0 Å². The Morgan fingerprint density at radius 1 is 1.55 bits per heavy atom. The monoisotopic (exact) mass is 151 g/mol. The maximum absolute atomic E-state index is 5.12. The Morgan fingerprint density at radius 3 is 3.00 bits per heavy atom. The Hall–Kier alpha value is -0.760. The van der Waals surface area contributed by atoms with Crippen molar-refractivity contribution in [2.45, 2.75) is 25.8 Å². The van der Waals surface area contributed by atoms with E-state index in [1.807, 2.05) is 12.5 Å². The zero-order valence-corrected chi connectivity index (χ0v) is 6.76. The summed E-state index contributed by atoms with van der Waals surface area (Å²) >= 11 is 0. The van der Waals surface area contributed by atoms with Gasteiger partial charge in [0, 0.05) is 11.6 Å². The predicted molar refractivity (Wildman–Crippen MR) is 43.4 cm³/mol. The van der Waals surface area contributed by atoms with Gasteiger partial charge in [0.25, 0.3) is 0 Å². The molecule has 1 aliphatic heterocycles. The minimum Gasteiger partial charge on any atom is -0.472 e. The van der Waals surface area contributed by atoms with Crippen molar-refractivity contribution in [2.24, 2.45) is 0 Å². The van der Waals surface area contributed by atoms with E-state index in [0.29, 0.717) is 6.04 Å². The number of aryl methyl sites for hydroxylation is 1. The van der Waals surface area contributed by atoms with Gasteiger partial charge in [-0.3, -0.25) is 0 Å². The summed E-state index contributed by atoms with van der Waals surface area (Å²) in [5.74, 6) is 0. The fourth-order valence-electron chi connectivity index (χ4n) is 1.68. The lowest BCUT2D eigenvalue weighted by atomic mass is 10.1. The molecule has 0 aromatic carbocycles. The molecule has 0 spiro atoms. The molecule has 0 bridgehead atoms. The van der Waals surface area contributed by atoms with Crippen LogP contribution in [0.2, 0.25) is 0 Å². The summed E-state index contributed by atoms with van der Waals surface area (Å²) in [6.45, 7) is 3.24. The minimum absolute atomic E-state index is 0.550. The van der Waals surface area contributed by atoms with Crippen molar-refractivity contribution in [3.8, 4) is 0 Å². The molecule has 1 saturated heterocycles. The Bertz CT molecular complexity index is 235. The van der Waals surface area contributed by atoms with E-state index >= 15 is 0 Å². The highest BCUT2D eigenvalue weighted by atomic mass is 16.3. The second-order valence-electron chi connectivity index (χ2n) is 3.16. The van der Waals surface area contributed by atoms with Gasteiger partial charge in [-0.25, -0.2) is 0 Å². The first-order chi connectivity index (χ1) is 5.38. The van der Waals surface area contributed by atoms with Gasteiger partial charge in [0.15, 0.2) is 0 Å². The maximum Gasteiger partial charge on any atom is 0.0953 e. The lowest BCUT2D eigenvalue weighted by molar-refractivity contribution is 0.552. The smallest absolute Gasteiger partial charge is 0.0953 e. The molecule has 1 atom stereocenters. The molecule has 0 saturated carbocycles. The quantitative estimate of drug-likeness (QED) is 0.664. The molecule has 2 nitrogen and oxygen atoms in total. The van der Waals surface area contributed by atoms with Crippen LogP contribution in [-0.2, 0) is 0 Å². The van der Waals surface area contributed by atoms with E-state index in [2.05, 4.69) is 12.2 Å². The highest BCUT2D eigenvalue weighted by Gasteiger charge is 2.18. The van der Waals surface area contributed by atoms with Crippen molar-refractivity contribution in [1.29, 1.82) is 0 Å². The molecular formula is C9H13NO. The average molecular weight is 151 g/mol. The van der Waals surface area contributed by atoms with Gasteiger partial charge in [-0.2, -0.15) is 0 Å². The Morgan fingerprint density at radius 2 is 2.45 bits per heavy atom. The molecule has 0 amide bonds. The Balaban J connectivity index is 2.21. The van der Waals surface area contributed by atoms with E-state index in [1.165, 1.54) is 24.0 Å². The zero-order valence-electron chi connectivity index (χ0n) is 6.76. The van der Waals surface area contributed by atoms with Gasteiger partial charge < -0.3 is 9.73 Å². The first-order valence-corrected chi connectivity index (χ1v) is 4.14. The van der Waals surface area contributed by atoms with E-state index in [4.69, 9.17) is 4.42 Å². The fourth-order valence-corrected chi connectivity index (χ4v) is 1.68. The zero-order chi connectivity index (χ0) is 7.68. The second-order valence-corrected chi connectivity index (χ2v) is 3.16. The van der Waals surface area contributed by atoms with Crippen LogP contribution in [0.3, 0.4) is 0 Å². The molecule has 0 aliphatic carbocycles. The van der Waals surface area contributed by atoms with Crippen molar-refractivity contribution >= 4 is 0 Å². The van der Waals surface area contributed by atoms with Gasteiger partial charge in [0.05, 0.1) is 12.5 Å². The third-order valence-corrected chi connectivity index (χ3v) is 2.33. The van der Waals surface area contributed by atoms with Gasteiger partial charge in [0.1, 0.15) is 0 Å². The SMILES string of the molecule is Cc1cocc1[C@@H]1CCCN1. The fraction of sp³-hybridized carbons (Fsp3) is 0.556. The van der Waals surface area contributed by atoms with Crippen LogP contribution in [0, 0.1) is 6.92 Å². The first-order valence-electron chi connectivity index (χ1n) is 4.14. The second kappa shape index (κ2) is 2.70. The van der Waals surface area contributed by atoms with E-state index in [1.54, 1.807) is 0 Å². The van der Waals surface area contributed by atoms with Gasteiger partial charge in [0.2, 0.25) is 0 Å². The molecule has 2 rings (SSSR count). The van der Waals surface area contributed by atoms with Crippen LogP contribution in [0.5, 0.6) is 0 Å². The molecule has 2 heteroatoms. The Labute approximate surface area is 66.6 Å². The van der Waals surface area contributed by atoms with E-state index in [0.717, 1.165) is 6.54 Å². The molecular weight excluding hydrogens is 138 g/mol. The van der Waals surface area contributed by atoms with E-state index in [-0.39, 0.29) is 0 Å². The topological polar surface area (TPSA) is 25.2 Å². The largest absolute Gasteiger partial charge is 0.472 e. The molecule has 60 valence electrons. The summed E-state index contributed by atoms with van der Waals surface area (Å²) in [7, 11) is 0. The van der Waals surface area contributed by atoms with Crippen molar-refractivity contribution in [1.82, 2.24) is 5.32 Å². The minimum atomic E-state index is 0.550. The van der Waals surface area contributed by atoms with Crippen LogP contribution in [0.15, 0.2) is 16.9 Å². The molecule has 1 fully saturated rings. The van der Waals surface area contributed by atoms with Gasteiger partial charge in [-0.15, -0.1) is 0 Å². The molecule has 1 aliphatic rings. The highest BCUT2D eigenvalue weighted by Crippen LogP contribution is 2.25. The molecule has 1 aromatic rings. The normalized spacial score (nSPS) is 24.3. The standard InChI is InChI=1S/C9H13NO/c1-7-5-11-6-8(7)9-3-2-4-10-9/h5-6,9-10H,2-4H2,1H3/t9-/m0/s1. The van der Waals surface area contributed by atoms with Gasteiger partial charge in [-0.05, 0) is 31.9 Å². The van der Waals surface area contributed by atoms with Gasteiger partial charge in [-0.1, -0.05) is 0 Å². The third kappa shape index (κ3) is 1.18. The summed E-state index contributed by atoms with van der Waals surface area (Å²) in [5.41, 5.74) is 2.60. The van der Waals surface area contributed by atoms with Crippen molar-refractivity contribution < 1.29 is 4.42 Å². The van der Waals surface area contributed by atoms with Crippen molar-refractivity contribution in [3.05, 3.63) is 23.7 Å². The van der Waals surface area contributed by atoms with Gasteiger partial charge >= 0.3 is 0 Å². The van der Waals surface area contributed by atoms with Crippen molar-refractivity contribution in [3.63, 3.8) is 0 Å². The molecule has 11 heavy (non-hydrogen) atoms. The number of hydrogen-bond donors (Lipinski definition) is 1. The van der Waals surface area contributed by atoms with Crippen molar-refractivity contribution in [2.75, 3.05) is 6.54 Å². The van der Waals surface area contributed by atoms with E-state index in [9.17, 15) is 0 Å². The van der Waals surface area contributed by atoms with Crippen LogP contribution in [-0.4, -0.2) is 6.54 Å². The van der Waals surface area contributed by atoms with Crippen LogP contribution < -0.4 is 5.32 Å². The highest BCUT2D eigenvalue weighted by molar-refractivity contribution is 5.23. The summed E-state index contributed by atoms with van der Waals surface area (Å²) in [4.78, 5) is 0. The summed E-state index contributed by atoms with van der Waals surface area (Å²) in [6.07, 6.45) is 6.21. The van der Waals surface area contributed by atoms with E-state index < -0.39 is 0 Å². The lowest BCUT2D eigenvalue weighted by Crippen LogP contribution is -2.12. The van der Waals surface area contributed by atoms with Crippen LogP contribution in [0.1, 0.15) is 30.0 Å². The predicted octanol–water partition coefficient (Wildman–Crippen LogP) is 2.01. The number of furan rings is 1. The maximum atomic E-state index is 5.12.